The van der Waals surface area contributed by atoms with E-state index in [2.05, 4.69) is 45.6 Å². The fraction of sp³-hybridized carbons (Fsp3) is 0.516. The molecule has 4 N–H and O–H groups in total. The number of thiophene rings is 1. The molecule has 3 aliphatic rings. The summed E-state index contributed by atoms with van der Waals surface area (Å²) in [4.78, 5) is 33.8. The molecule has 2 saturated heterocycles. The van der Waals surface area contributed by atoms with Crippen molar-refractivity contribution in [3.8, 4) is 5.75 Å². The number of carbonyl (C=O) groups excluding carboxylic acids is 2. The smallest absolute Gasteiger partial charge is 0.408 e. The average molecular weight is 594 g/mol. The summed E-state index contributed by atoms with van der Waals surface area (Å²) >= 11 is 1.31. The molecule has 224 valence electrons. The lowest BCUT2D eigenvalue weighted by Crippen LogP contribution is -2.55. The number of nitrogens with zero attached hydrogens (tertiary/aromatic N) is 2. The highest BCUT2D eigenvalue weighted by Crippen LogP contribution is 2.42. The quantitative estimate of drug-likeness (QED) is 0.406. The van der Waals surface area contributed by atoms with Crippen LogP contribution in [0.2, 0.25) is 0 Å². The van der Waals surface area contributed by atoms with Crippen molar-refractivity contribution in [1.29, 1.82) is 0 Å². The van der Waals surface area contributed by atoms with Crippen molar-refractivity contribution in [1.82, 2.24) is 15.6 Å². The van der Waals surface area contributed by atoms with Gasteiger partial charge in [-0.25, -0.2) is 9.78 Å². The molecule has 2 fully saturated rings. The number of nitrogens with two attached hydrogens (primary N) is 1. The Bertz CT molecular complexity index is 1530. The van der Waals surface area contributed by atoms with Gasteiger partial charge in [-0.15, -0.1) is 11.3 Å². The van der Waals surface area contributed by atoms with Gasteiger partial charge in [-0.3, -0.25) is 4.79 Å². The molecule has 3 aliphatic heterocycles. The third-order valence-electron chi connectivity index (χ3n) is 8.47. The number of amides is 2. The van der Waals surface area contributed by atoms with Crippen LogP contribution in [0.3, 0.4) is 0 Å². The highest BCUT2D eigenvalue weighted by atomic mass is 32.1. The number of nitrogens with one attached hydrogen (secondary N) is 2. The number of fused-ring (bicyclic) bond motifs is 2. The second-order valence-corrected chi connectivity index (χ2v) is 13.7. The van der Waals surface area contributed by atoms with Crippen LogP contribution in [0.1, 0.15) is 55.0 Å². The van der Waals surface area contributed by atoms with Gasteiger partial charge in [0.2, 0.25) is 0 Å². The number of aromatic nitrogens is 1. The SMILES string of the molecule is Cc1ccc2c(N)c(C(=O)N[C@H]3COc4cc(N5C[C@@H](NC(=O)OC(C)(C)C)[C@]6(C5)OCC[C@H]6C)ccc4C3)sc2n1. The predicted octanol–water partition coefficient (Wildman–Crippen LogP) is 4.43. The minimum atomic E-state index is -0.578. The number of ether oxygens (including phenoxy) is 3. The summed E-state index contributed by atoms with van der Waals surface area (Å²) in [7, 11) is 0. The molecule has 0 saturated carbocycles. The molecule has 0 unspecified atom stereocenters. The van der Waals surface area contributed by atoms with Gasteiger partial charge in [0.25, 0.3) is 5.91 Å². The first kappa shape index (κ1) is 28.5. The molecule has 0 aliphatic carbocycles. The number of hydrogen-bond donors (Lipinski definition) is 3. The number of benzene rings is 1. The van der Waals surface area contributed by atoms with E-state index in [1.54, 1.807) is 0 Å². The van der Waals surface area contributed by atoms with Gasteiger partial charge in [0, 0.05) is 42.5 Å². The first-order valence-corrected chi connectivity index (χ1v) is 15.3. The van der Waals surface area contributed by atoms with E-state index in [9.17, 15) is 9.59 Å². The fourth-order valence-electron chi connectivity index (χ4n) is 6.28. The van der Waals surface area contributed by atoms with Crippen LogP contribution in [0.5, 0.6) is 5.75 Å². The molecule has 2 aromatic heterocycles. The Morgan fingerprint density at radius 1 is 1.21 bits per heavy atom. The molecule has 6 rings (SSSR count). The van der Waals surface area contributed by atoms with Gasteiger partial charge in [0.1, 0.15) is 33.3 Å². The standard InChI is InChI=1S/C31H39N5O5S/c1-17-10-11-40-31(17)16-36(14-24(31)35-29(38)41-30(3,4)5)21-8-7-19-12-20(15-39-23(19)13-21)34-27(37)26-25(32)22-9-6-18(2)33-28(22)42-26/h6-9,13,17,20,24H,10-12,14-16,32H2,1-5H3,(H,34,37)(H,35,38)/t17-,20-,24-,31-/m1/s1. The number of rotatable bonds is 4. The summed E-state index contributed by atoms with van der Waals surface area (Å²) in [5.41, 5.74) is 8.62. The lowest BCUT2D eigenvalue weighted by molar-refractivity contribution is -0.0238. The third kappa shape index (κ3) is 5.35. The minimum absolute atomic E-state index is 0.180. The maximum Gasteiger partial charge on any atom is 0.408 e. The molecular weight excluding hydrogens is 554 g/mol. The number of hydrogen-bond acceptors (Lipinski definition) is 9. The van der Waals surface area contributed by atoms with Gasteiger partial charge in [-0.2, -0.15) is 0 Å². The molecule has 1 aromatic carbocycles. The summed E-state index contributed by atoms with van der Waals surface area (Å²) in [6.07, 6.45) is 1.17. The van der Waals surface area contributed by atoms with Gasteiger partial charge in [0.15, 0.2) is 0 Å². The number of pyridine rings is 1. The minimum Gasteiger partial charge on any atom is -0.491 e. The zero-order valence-corrected chi connectivity index (χ0v) is 25.6. The monoisotopic (exact) mass is 593 g/mol. The van der Waals surface area contributed by atoms with Gasteiger partial charge in [-0.05, 0) is 70.2 Å². The van der Waals surface area contributed by atoms with Crippen LogP contribution < -0.4 is 26.0 Å². The molecule has 42 heavy (non-hydrogen) atoms. The van der Waals surface area contributed by atoms with E-state index in [4.69, 9.17) is 19.9 Å². The molecule has 5 heterocycles. The van der Waals surface area contributed by atoms with Crippen molar-refractivity contribution < 1.29 is 23.8 Å². The Labute approximate surface area is 249 Å². The molecule has 1 spiro atoms. The van der Waals surface area contributed by atoms with E-state index in [0.29, 0.717) is 43.3 Å². The Morgan fingerprint density at radius 2 is 2.02 bits per heavy atom. The topological polar surface area (TPSA) is 128 Å². The summed E-state index contributed by atoms with van der Waals surface area (Å²) in [6.45, 7) is 12.0. The van der Waals surface area contributed by atoms with E-state index in [0.717, 1.165) is 39.3 Å². The molecule has 0 radical (unpaired) electrons. The number of alkyl carbamates (subject to hydrolysis) is 1. The van der Waals surface area contributed by atoms with Crippen LogP contribution >= 0.6 is 11.3 Å². The van der Waals surface area contributed by atoms with Gasteiger partial charge in [0.05, 0.1) is 17.8 Å². The van der Waals surface area contributed by atoms with E-state index in [1.165, 1.54) is 11.3 Å². The normalized spacial score (nSPS) is 25.4. The van der Waals surface area contributed by atoms with E-state index in [-0.39, 0.29) is 23.9 Å². The summed E-state index contributed by atoms with van der Waals surface area (Å²) in [5.74, 6) is 0.880. The molecule has 0 bridgehead atoms. The lowest BCUT2D eigenvalue weighted by atomic mass is 9.85. The number of anilines is 2. The fourth-order valence-corrected chi connectivity index (χ4v) is 7.32. The van der Waals surface area contributed by atoms with Crippen LogP contribution in [0.15, 0.2) is 30.3 Å². The van der Waals surface area contributed by atoms with E-state index in [1.807, 2.05) is 39.8 Å². The van der Waals surface area contributed by atoms with Crippen molar-refractivity contribution in [2.24, 2.45) is 5.92 Å². The van der Waals surface area contributed by atoms with Crippen molar-refractivity contribution in [2.45, 2.75) is 70.7 Å². The Kier molecular flexibility index (Phi) is 7.21. The molecule has 3 aromatic rings. The first-order chi connectivity index (χ1) is 19.9. The van der Waals surface area contributed by atoms with Crippen LogP contribution in [0.4, 0.5) is 16.2 Å². The molecule has 4 atom stereocenters. The first-order valence-electron chi connectivity index (χ1n) is 14.5. The lowest BCUT2D eigenvalue weighted by Gasteiger charge is -2.34. The van der Waals surface area contributed by atoms with Gasteiger partial charge < -0.3 is 35.5 Å². The zero-order valence-electron chi connectivity index (χ0n) is 24.8. The average Bonchev–Trinajstić information content (AvgIpc) is 3.58. The Balaban J connectivity index is 1.14. The number of nitrogen functional groups attached to an aromatic ring is 1. The maximum absolute atomic E-state index is 13.1. The van der Waals surface area contributed by atoms with Crippen LogP contribution in [0, 0.1) is 12.8 Å². The predicted molar refractivity (Wildman–Crippen MR) is 163 cm³/mol. The third-order valence-corrected chi connectivity index (χ3v) is 9.59. The van der Waals surface area contributed by atoms with Crippen molar-refractivity contribution in [2.75, 3.05) is 36.9 Å². The Morgan fingerprint density at radius 3 is 2.76 bits per heavy atom. The summed E-state index contributed by atoms with van der Waals surface area (Å²) in [6, 6.07) is 9.61. The zero-order chi connectivity index (χ0) is 29.8. The van der Waals surface area contributed by atoms with Crippen molar-refractivity contribution >= 4 is 44.9 Å². The molecule has 2 amide bonds. The van der Waals surface area contributed by atoms with Crippen LogP contribution in [-0.2, 0) is 15.9 Å². The summed E-state index contributed by atoms with van der Waals surface area (Å²) < 4.78 is 18.1. The van der Waals surface area contributed by atoms with Gasteiger partial charge >= 0.3 is 6.09 Å². The van der Waals surface area contributed by atoms with Crippen molar-refractivity contribution in [3.63, 3.8) is 0 Å². The molecule has 10 nitrogen and oxygen atoms in total. The molecule has 11 heteroatoms. The maximum atomic E-state index is 13.1. The van der Waals surface area contributed by atoms with E-state index >= 15 is 0 Å². The van der Waals surface area contributed by atoms with E-state index < -0.39 is 17.3 Å². The van der Waals surface area contributed by atoms with Crippen molar-refractivity contribution in [3.05, 3.63) is 46.5 Å². The van der Waals surface area contributed by atoms with Gasteiger partial charge in [-0.1, -0.05) is 13.0 Å². The van der Waals surface area contributed by atoms with Crippen LogP contribution in [-0.4, -0.2) is 66.6 Å². The Hall–Kier alpha value is -3.57. The molecular formula is C31H39N5O5S. The summed E-state index contributed by atoms with van der Waals surface area (Å²) in [5, 5.41) is 7.01. The second kappa shape index (κ2) is 10.6. The van der Waals surface area contributed by atoms with Crippen LogP contribution in [0.25, 0.3) is 10.2 Å². The number of aryl methyl sites for hydroxylation is 1. The highest BCUT2D eigenvalue weighted by Gasteiger charge is 2.55. The largest absolute Gasteiger partial charge is 0.491 e. The number of carbonyl (C=O) groups is 2. The second-order valence-electron chi connectivity index (χ2n) is 12.7. The highest BCUT2D eigenvalue weighted by molar-refractivity contribution is 7.21.